The van der Waals surface area contributed by atoms with E-state index in [1.54, 1.807) is 17.5 Å². The van der Waals surface area contributed by atoms with Crippen molar-refractivity contribution in [3.05, 3.63) is 53.4 Å². The second-order valence-electron chi connectivity index (χ2n) is 6.90. The van der Waals surface area contributed by atoms with E-state index in [0.717, 1.165) is 12.8 Å². The predicted molar refractivity (Wildman–Crippen MR) is 108 cm³/mol. The number of thiophene rings is 1. The van der Waals surface area contributed by atoms with Gasteiger partial charge in [-0.3, -0.25) is 4.79 Å². The average molecular weight is 407 g/mol. The van der Waals surface area contributed by atoms with Crippen LogP contribution in [0.1, 0.15) is 37.7 Å². The molecule has 1 N–H and O–H groups in total. The SMILES string of the molecule is CCC(CNC(=O)C1CCCN(S(=O)(=O)c2cccs2)C1)c1ccccc1. The van der Waals surface area contributed by atoms with Crippen LogP contribution in [-0.2, 0) is 14.8 Å². The Morgan fingerprint density at radius 1 is 1.26 bits per heavy atom. The Morgan fingerprint density at radius 3 is 2.70 bits per heavy atom. The van der Waals surface area contributed by atoms with Gasteiger partial charge in [0.15, 0.2) is 0 Å². The standard InChI is InChI=1S/C20H26N2O3S2/c1-2-16(17-8-4-3-5-9-17)14-21-20(23)18-10-6-12-22(15-18)27(24,25)19-11-7-13-26-19/h3-5,7-9,11,13,16,18H,2,6,10,12,14-15H2,1H3,(H,21,23). The lowest BCUT2D eigenvalue weighted by Crippen LogP contribution is -2.45. The van der Waals surface area contributed by atoms with E-state index in [4.69, 9.17) is 0 Å². The molecule has 3 rings (SSSR count). The predicted octanol–water partition coefficient (Wildman–Crippen LogP) is 3.46. The summed E-state index contributed by atoms with van der Waals surface area (Å²) < 4.78 is 27.2. The number of nitrogens with zero attached hydrogens (tertiary/aromatic N) is 1. The maximum atomic E-state index is 12.7. The zero-order chi connectivity index (χ0) is 19.3. The largest absolute Gasteiger partial charge is 0.355 e. The summed E-state index contributed by atoms with van der Waals surface area (Å²) in [5, 5.41) is 4.81. The minimum absolute atomic E-state index is 0.0459. The minimum atomic E-state index is -3.49. The minimum Gasteiger partial charge on any atom is -0.355 e. The van der Waals surface area contributed by atoms with Crippen LogP contribution >= 0.6 is 11.3 Å². The second kappa shape index (κ2) is 8.99. The van der Waals surface area contributed by atoms with Crippen molar-refractivity contribution in [2.24, 2.45) is 5.92 Å². The monoisotopic (exact) mass is 406 g/mol. The van der Waals surface area contributed by atoms with Gasteiger partial charge in [-0.05, 0) is 36.3 Å². The fourth-order valence-electron chi connectivity index (χ4n) is 3.50. The van der Waals surface area contributed by atoms with Gasteiger partial charge in [0.25, 0.3) is 10.0 Å². The second-order valence-corrected chi connectivity index (χ2v) is 10.0. The van der Waals surface area contributed by atoms with E-state index in [1.165, 1.54) is 21.2 Å². The fourth-order valence-corrected chi connectivity index (χ4v) is 6.17. The summed E-state index contributed by atoms with van der Waals surface area (Å²) in [5.41, 5.74) is 1.21. The molecule has 146 valence electrons. The van der Waals surface area contributed by atoms with Gasteiger partial charge in [0.05, 0.1) is 5.92 Å². The molecule has 0 bridgehead atoms. The van der Waals surface area contributed by atoms with Crippen molar-refractivity contribution in [1.29, 1.82) is 0 Å². The molecule has 0 radical (unpaired) electrons. The zero-order valence-corrected chi connectivity index (χ0v) is 17.1. The van der Waals surface area contributed by atoms with Crippen molar-refractivity contribution < 1.29 is 13.2 Å². The van der Waals surface area contributed by atoms with E-state index in [9.17, 15) is 13.2 Å². The van der Waals surface area contributed by atoms with E-state index in [1.807, 2.05) is 18.2 Å². The Labute approximate surface area is 165 Å². The van der Waals surface area contributed by atoms with Gasteiger partial charge in [-0.2, -0.15) is 4.31 Å². The van der Waals surface area contributed by atoms with Crippen LogP contribution in [0.15, 0.2) is 52.1 Å². The van der Waals surface area contributed by atoms with Crippen LogP contribution in [0.25, 0.3) is 0 Å². The molecule has 2 unspecified atom stereocenters. The molecule has 27 heavy (non-hydrogen) atoms. The van der Waals surface area contributed by atoms with Gasteiger partial charge in [0.2, 0.25) is 5.91 Å². The Kier molecular flexibility index (Phi) is 6.68. The molecule has 5 nitrogen and oxygen atoms in total. The third-order valence-corrected chi connectivity index (χ3v) is 8.37. The number of nitrogens with one attached hydrogen (secondary N) is 1. The average Bonchev–Trinajstić information content (AvgIpc) is 3.25. The van der Waals surface area contributed by atoms with Crippen LogP contribution in [0.3, 0.4) is 0 Å². The third kappa shape index (κ3) is 4.78. The highest BCUT2D eigenvalue weighted by Crippen LogP contribution is 2.26. The highest BCUT2D eigenvalue weighted by Gasteiger charge is 2.33. The van der Waals surface area contributed by atoms with Crippen molar-refractivity contribution in [3.63, 3.8) is 0 Å². The topological polar surface area (TPSA) is 66.5 Å². The number of piperidine rings is 1. The summed E-state index contributed by atoms with van der Waals surface area (Å²) in [6.45, 7) is 3.42. The molecule has 2 heterocycles. The van der Waals surface area contributed by atoms with Gasteiger partial charge in [0.1, 0.15) is 4.21 Å². The summed E-state index contributed by atoms with van der Waals surface area (Å²) >= 11 is 1.22. The molecular formula is C20H26N2O3S2. The molecule has 1 aliphatic heterocycles. The van der Waals surface area contributed by atoms with E-state index in [2.05, 4.69) is 24.4 Å². The van der Waals surface area contributed by atoms with Gasteiger partial charge in [-0.15, -0.1) is 11.3 Å². The fraction of sp³-hybridized carbons (Fsp3) is 0.450. The maximum Gasteiger partial charge on any atom is 0.252 e. The first-order valence-electron chi connectivity index (χ1n) is 9.38. The molecule has 7 heteroatoms. The number of amides is 1. The van der Waals surface area contributed by atoms with Gasteiger partial charge < -0.3 is 5.32 Å². The number of hydrogen-bond acceptors (Lipinski definition) is 4. The van der Waals surface area contributed by atoms with Crippen LogP contribution in [0, 0.1) is 5.92 Å². The Bertz CT molecular complexity index is 835. The Balaban J connectivity index is 1.60. The van der Waals surface area contributed by atoms with Crippen LogP contribution in [-0.4, -0.2) is 38.3 Å². The van der Waals surface area contributed by atoms with Crippen molar-refractivity contribution >= 4 is 27.3 Å². The van der Waals surface area contributed by atoms with E-state index in [-0.39, 0.29) is 24.3 Å². The van der Waals surface area contributed by atoms with Gasteiger partial charge in [-0.1, -0.05) is 43.3 Å². The van der Waals surface area contributed by atoms with E-state index >= 15 is 0 Å². The van der Waals surface area contributed by atoms with Crippen LogP contribution in [0.5, 0.6) is 0 Å². The number of hydrogen-bond donors (Lipinski definition) is 1. The van der Waals surface area contributed by atoms with Crippen LogP contribution < -0.4 is 5.32 Å². The highest BCUT2D eigenvalue weighted by atomic mass is 32.2. The molecule has 1 fully saturated rings. The van der Waals surface area contributed by atoms with E-state index < -0.39 is 10.0 Å². The molecule has 0 saturated carbocycles. The van der Waals surface area contributed by atoms with Crippen LogP contribution in [0.2, 0.25) is 0 Å². The smallest absolute Gasteiger partial charge is 0.252 e. The molecular weight excluding hydrogens is 380 g/mol. The molecule has 1 aromatic carbocycles. The first kappa shape index (κ1) is 20.0. The number of carbonyl (C=O) groups is 1. The van der Waals surface area contributed by atoms with Gasteiger partial charge >= 0.3 is 0 Å². The lowest BCUT2D eigenvalue weighted by molar-refractivity contribution is -0.126. The quantitative estimate of drug-likeness (QED) is 0.766. The van der Waals surface area contributed by atoms with Crippen molar-refractivity contribution in [2.75, 3.05) is 19.6 Å². The lowest BCUT2D eigenvalue weighted by atomic mass is 9.95. The van der Waals surface area contributed by atoms with Crippen LogP contribution in [0.4, 0.5) is 0 Å². The van der Waals surface area contributed by atoms with Crippen molar-refractivity contribution in [3.8, 4) is 0 Å². The number of benzene rings is 1. The number of carbonyl (C=O) groups excluding carboxylic acids is 1. The zero-order valence-electron chi connectivity index (χ0n) is 15.5. The third-order valence-electron chi connectivity index (χ3n) is 5.13. The summed E-state index contributed by atoms with van der Waals surface area (Å²) in [6.07, 6.45) is 2.37. The van der Waals surface area contributed by atoms with Gasteiger partial charge in [0, 0.05) is 25.6 Å². The van der Waals surface area contributed by atoms with E-state index in [0.29, 0.717) is 23.7 Å². The Hall–Kier alpha value is -1.70. The normalized spacial score (nSPS) is 19.5. The molecule has 1 aromatic heterocycles. The Morgan fingerprint density at radius 2 is 2.04 bits per heavy atom. The summed E-state index contributed by atoms with van der Waals surface area (Å²) in [4.78, 5) is 12.7. The van der Waals surface area contributed by atoms with Crippen molar-refractivity contribution in [2.45, 2.75) is 36.3 Å². The first-order valence-corrected chi connectivity index (χ1v) is 11.7. The number of rotatable bonds is 7. The molecule has 0 aliphatic carbocycles. The molecule has 0 spiro atoms. The number of sulfonamides is 1. The van der Waals surface area contributed by atoms with Gasteiger partial charge in [-0.25, -0.2) is 8.42 Å². The molecule has 1 aliphatic rings. The first-order chi connectivity index (χ1) is 13.0. The summed E-state index contributed by atoms with van der Waals surface area (Å²) in [6, 6.07) is 13.5. The molecule has 1 amide bonds. The highest BCUT2D eigenvalue weighted by molar-refractivity contribution is 7.91. The maximum absolute atomic E-state index is 12.7. The lowest BCUT2D eigenvalue weighted by Gasteiger charge is -2.31. The molecule has 2 aromatic rings. The summed E-state index contributed by atoms with van der Waals surface area (Å²) in [7, 11) is -3.49. The molecule has 2 atom stereocenters. The molecule has 1 saturated heterocycles. The summed E-state index contributed by atoms with van der Waals surface area (Å²) in [5.74, 6) is -0.0677. The van der Waals surface area contributed by atoms with Crippen molar-refractivity contribution in [1.82, 2.24) is 9.62 Å².